The maximum absolute atomic E-state index is 13.0. The Hall–Kier alpha value is -1.88. The summed E-state index contributed by atoms with van der Waals surface area (Å²) in [5, 5.41) is 38.1. The van der Waals surface area contributed by atoms with E-state index in [1.165, 1.54) is 19.4 Å². The predicted octanol–water partition coefficient (Wildman–Crippen LogP) is 0.230. The van der Waals surface area contributed by atoms with Crippen molar-refractivity contribution in [2.45, 2.75) is 43.8 Å². The van der Waals surface area contributed by atoms with Crippen LogP contribution in [0.1, 0.15) is 25.5 Å². The van der Waals surface area contributed by atoms with Gasteiger partial charge in [-0.2, -0.15) is 10.2 Å². The number of hydrogen-bond donors (Lipinski definition) is 4. The molecule has 5 atom stereocenters. The van der Waals surface area contributed by atoms with E-state index < -0.39 is 37.8 Å². The first-order chi connectivity index (χ1) is 14.8. The van der Waals surface area contributed by atoms with Gasteiger partial charge in [-0.05, 0) is 18.9 Å². The molecule has 31 heavy (non-hydrogen) atoms. The lowest BCUT2D eigenvalue weighted by atomic mass is 10.1. The molecule has 1 aliphatic rings. The van der Waals surface area contributed by atoms with Gasteiger partial charge in [0, 0.05) is 26.3 Å². The van der Waals surface area contributed by atoms with Crippen LogP contribution in [0, 0.1) is 11.3 Å². The fourth-order valence-corrected chi connectivity index (χ4v) is 4.54. The molecule has 13 nitrogen and oxygen atoms in total. The lowest BCUT2D eigenvalue weighted by molar-refractivity contribution is -0.0530. The minimum Gasteiger partial charge on any atom is -0.387 e. The van der Waals surface area contributed by atoms with Crippen molar-refractivity contribution >= 4 is 13.4 Å². The molecular formula is C17H27N4O9P. The second-order valence-electron chi connectivity index (χ2n) is 6.73. The Kier molecular flexibility index (Phi) is 10.0. The molecule has 1 unspecified atom stereocenters. The van der Waals surface area contributed by atoms with E-state index in [4.69, 9.17) is 29.0 Å². The van der Waals surface area contributed by atoms with Crippen molar-refractivity contribution in [1.82, 2.24) is 9.55 Å². The molecule has 1 fully saturated rings. The molecule has 0 spiro atoms. The van der Waals surface area contributed by atoms with Gasteiger partial charge in [-0.1, -0.05) is 0 Å². The van der Waals surface area contributed by atoms with Crippen LogP contribution in [-0.2, 0) is 23.1 Å². The summed E-state index contributed by atoms with van der Waals surface area (Å²) in [5.74, 6) is -0.0990. The smallest absolute Gasteiger partial charge is 0.351 e. The molecule has 0 aliphatic carbocycles. The quantitative estimate of drug-likeness (QED) is 0.178. The van der Waals surface area contributed by atoms with E-state index in [2.05, 4.69) is 4.98 Å². The van der Waals surface area contributed by atoms with E-state index in [0.29, 0.717) is 19.4 Å². The van der Waals surface area contributed by atoms with Crippen molar-refractivity contribution in [3.63, 3.8) is 0 Å². The van der Waals surface area contributed by atoms with E-state index >= 15 is 0 Å². The summed E-state index contributed by atoms with van der Waals surface area (Å²) in [6.45, 7) is 0.147. The topological polar surface area (TPSA) is 185 Å². The summed E-state index contributed by atoms with van der Waals surface area (Å²) in [6.07, 6.45) is -3.11. The molecule has 1 saturated heterocycles. The van der Waals surface area contributed by atoms with Gasteiger partial charge >= 0.3 is 13.3 Å². The molecule has 1 aromatic rings. The molecule has 1 aliphatic heterocycles. The number of unbranched alkanes of at least 4 members (excludes halogenated alkanes) is 1. The van der Waals surface area contributed by atoms with Gasteiger partial charge in [0.2, 0.25) is 0 Å². The molecule has 0 amide bonds. The van der Waals surface area contributed by atoms with Gasteiger partial charge in [0.25, 0.3) is 0 Å². The molecule has 0 bridgehead atoms. The van der Waals surface area contributed by atoms with Crippen LogP contribution in [0.2, 0.25) is 0 Å². The van der Waals surface area contributed by atoms with E-state index in [-0.39, 0.29) is 31.6 Å². The lowest BCUT2D eigenvalue weighted by Gasteiger charge is -2.21. The number of methoxy groups -OCH3 is 1. The molecule has 0 aromatic carbocycles. The number of ether oxygens (including phenoxy) is 2. The highest BCUT2D eigenvalue weighted by Gasteiger charge is 2.45. The second kappa shape index (κ2) is 12.2. The average molecular weight is 462 g/mol. The van der Waals surface area contributed by atoms with Gasteiger partial charge in [0.15, 0.2) is 12.0 Å². The fraction of sp³-hybridized carbons (Fsp3) is 0.706. The molecule has 0 saturated carbocycles. The second-order valence-corrected chi connectivity index (χ2v) is 8.92. The first-order valence-electron chi connectivity index (χ1n) is 9.60. The highest BCUT2D eigenvalue weighted by atomic mass is 31.2. The van der Waals surface area contributed by atoms with Crippen LogP contribution >= 0.6 is 7.60 Å². The number of aromatic nitrogens is 2. The van der Waals surface area contributed by atoms with Crippen LogP contribution in [0.5, 0.6) is 0 Å². The van der Waals surface area contributed by atoms with Gasteiger partial charge in [0.1, 0.15) is 18.3 Å². The van der Waals surface area contributed by atoms with Gasteiger partial charge < -0.3 is 28.7 Å². The maximum Gasteiger partial charge on any atom is 0.351 e. The Labute approximate surface area is 178 Å². The highest BCUT2D eigenvalue weighted by molar-refractivity contribution is 7.53. The average Bonchev–Trinajstić information content (AvgIpc) is 3.04. The zero-order valence-electron chi connectivity index (χ0n) is 17.0. The number of rotatable bonds is 13. The van der Waals surface area contributed by atoms with Crippen LogP contribution < -0.4 is 11.2 Å². The zero-order chi connectivity index (χ0) is 22.9. The van der Waals surface area contributed by atoms with Crippen LogP contribution in [0.3, 0.4) is 0 Å². The van der Waals surface area contributed by atoms with E-state index in [1.54, 1.807) is 5.48 Å². The standard InChI is InChI=1S/C17H27N4O9P/c1-27-8-4-9-28-31(26,10-3-2-6-18)29-11-12-14(22)15(23)16(30-12)21-7-5-13(20-25)19-17(21)24/h5,7,12,14-16,22-23,25H,2-4,8-11H2,1H3,(H,19,20,24)/t12-,14+,15+,16-,31?/m1/s1. The Morgan fingerprint density at radius 2 is 2.10 bits per heavy atom. The van der Waals surface area contributed by atoms with E-state index in [9.17, 15) is 19.6 Å². The largest absolute Gasteiger partial charge is 0.387 e. The maximum atomic E-state index is 13.0. The van der Waals surface area contributed by atoms with Crippen molar-refractivity contribution in [2.24, 2.45) is 0 Å². The Bertz CT molecular complexity index is 846. The SMILES string of the molecule is COCCCOP(=O)(CCCC#N)OC[C@H]1O[C@@H](n2ccc(NO)nc2=O)[C@@H](O)[C@H]1O. The van der Waals surface area contributed by atoms with Crippen molar-refractivity contribution < 1.29 is 38.5 Å². The van der Waals surface area contributed by atoms with Crippen molar-refractivity contribution in [3.05, 3.63) is 22.7 Å². The van der Waals surface area contributed by atoms with Gasteiger partial charge in [0.05, 0.1) is 25.4 Å². The third-order valence-electron chi connectivity index (χ3n) is 4.49. The van der Waals surface area contributed by atoms with Crippen LogP contribution in [0.15, 0.2) is 17.1 Å². The molecule has 2 heterocycles. The molecule has 1 aromatic heterocycles. The summed E-state index contributed by atoms with van der Waals surface area (Å²) >= 11 is 0. The lowest BCUT2D eigenvalue weighted by Crippen LogP contribution is -2.36. The monoisotopic (exact) mass is 462 g/mol. The Balaban J connectivity index is 2.03. The van der Waals surface area contributed by atoms with Crippen LogP contribution in [-0.4, -0.2) is 76.4 Å². The third kappa shape index (κ3) is 7.06. The van der Waals surface area contributed by atoms with Gasteiger partial charge in [-0.15, -0.1) is 0 Å². The number of nitriles is 1. The Morgan fingerprint density at radius 1 is 1.32 bits per heavy atom. The summed E-state index contributed by atoms with van der Waals surface area (Å²) in [4.78, 5) is 15.6. The first-order valence-corrected chi connectivity index (χ1v) is 11.3. The number of hydrogen-bond acceptors (Lipinski definition) is 12. The number of nitrogens with zero attached hydrogens (tertiary/aromatic N) is 3. The molecule has 14 heteroatoms. The zero-order valence-corrected chi connectivity index (χ0v) is 17.9. The normalized spacial score (nSPS) is 25.1. The summed E-state index contributed by atoms with van der Waals surface area (Å²) in [5.41, 5.74) is 0.894. The fourth-order valence-electron chi connectivity index (χ4n) is 2.88. The molecule has 4 N–H and O–H groups in total. The Morgan fingerprint density at radius 3 is 2.74 bits per heavy atom. The highest BCUT2D eigenvalue weighted by Crippen LogP contribution is 2.49. The predicted molar refractivity (Wildman–Crippen MR) is 106 cm³/mol. The summed E-state index contributed by atoms with van der Waals surface area (Å²) in [7, 11) is -2.07. The van der Waals surface area contributed by atoms with Crippen molar-refractivity contribution in [1.29, 1.82) is 5.26 Å². The van der Waals surface area contributed by atoms with Crippen LogP contribution in [0.4, 0.5) is 5.82 Å². The van der Waals surface area contributed by atoms with Crippen LogP contribution in [0.25, 0.3) is 0 Å². The number of aliphatic hydroxyl groups is 2. The third-order valence-corrected chi connectivity index (χ3v) is 6.48. The van der Waals surface area contributed by atoms with E-state index in [1.807, 2.05) is 6.07 Å². The molecule has 2 rings (SSSR count). The minimum absolute atomic E-state index is 0.00133. The molecule has 174 valence electrons. The molecule has 0 radical (unpaired) electrons. The van der Waals surface area contributed by atoms with Gasteiger partial charge in [-0.3, -0.25) is 19.8 Å². The summed E-state index contributed by atoms with van der Waals surface area (Å²) in [6, 6.07) is 3.22. The van der Waals surface area contributed by atoms with Gasteiger partial charge in [-0.25, -0.2) is 4.79 Å². The number of aliphatic hydroxyl groups excluding tert-OH is 2. The van der Waals surface area contributed by atoms with E-state index in [0.717, 1.165) is 4.57 Å². The first kappa shape index (κ1) is 25.4. The van der Waals surface area contributed by atoms with Crippen molar-refractivity contribution in [2.75, 3.05) is 38.6 Å². The molecular weight excluding hydrogens is 435 g/mol. The van der Waals surface area contributed by atoms with Crippen molar-refractivity contribution in [3.8, 4) is 6.07 Å². The number of nitrogens with one attached hydrogen (secondary N) is 1. The minimum atomic E-state index is -3.60. The summed E-state index contributed by atoms with van der Waals surface area (Å²) < 4.78 is 35.3. The number of anilines is 1.